The smallest absolute Gasteiger partial charge is 0.300 e. The Kier molecular flexibility index (Phi) is 4.63. The molecule has 0 aliphatic heterocycles. The molecule has 0 saturated heterocycles. The zero-order valence-corrected chi connectivity index (χ0v) is 13.4. The number of benzene rings is 1. The van der Waals surface area contributed by atoms with Crippen LogP contribution in [0.15, 0.2) is 32.6 Å². The summed E-state index contributed by atoms with van der Waals surface area (Å²) < 4.78 is 38.2. The van der Waals surface area contributed by atoms with Gasteiger partial charge in [0.1, 0.15) is 11.6 Å². The number of hydrogen-bond donors (Lipinski definition) is 1. The van der Waals surface area contributed by atoms with E-state index < -0.39 is 17.3 Å². The molecule has 1 heterocycles. The van der Waals surface area contributed by atoms with Gasteiger partial charge in [-0.3, -0.25) is 4.79 Å². The summed E-state index contributed by atoms with van der Waals surface area (Å²) in [6, 6.07) is 4.67. The molecule has 9 heteroatoms. The number of nitriles is 1. The minimum absolute atomic E-state index is 0.0381. The summed E-state index contributed by atoms with van der Waals surface area (Å²) in [5.74, 6) is 0. The van der Waals surface area contributed by atoms with Gasteiger partial charge in [-0.2, -0.15) is 18.4 Å². The van der Waals surface area contributed by atoms with Gasteiger partial charge in [-0.05, 0) is 18.4 Å². The quantitative estimate of drug-likeness (QED) is 0.626. The minimum atomic E-state index is -4.48. The van der Waals surface area contributed by atoms with Crippen LogP contribution in [-0.2, 0) is 6.18 Å². The van der Waals surface area contributed by atoms with Crippen molar-refractivity contribution in [2.24, 2.45) is 0 Å². The number of alkyl halides is 3. The Labute approximate surface area is 135 Å². The normalized spacial score (nSPS) is 11.3. The second-order valence-electron chi connectivity index (χ2n) is 4.10. The third-order valence-corrected chi connectivity index (χ3v) is 3.99. The van der Waals surface area contributed by atoms with E-state index in [1.54, 1.807) is 12.3 Å². The maximum atomic E-state index is 12.7. The maximum Gasteiger partial charge on any atom is 0.416 e. The van der Waals surface area contributed by atoms with Crippen molar-refractivity contribution < 1.29 is 13.2 Å². The Morgan fingerprint density at radius 1 is 1.41 bits per heavy atom. The molecular formula is C13H7BrF3N3OS. The molecule has 0 bridgehead atoms. The van der Waals surface area contributed by atoms with E-state index in [-0.39, 0.29) is 26.4 Å². The number of nitrogens with zero attached hydrogens (tertiary/aromatic N) is 2. The fraction of sp³-hybridized carbons (Fsp3) is 0.154. The average Bonchev–Trinajstić information content (AvgIpc) is 2.45. The molecule has 1 aromatic heterocycles. The largest absolute Gasteiger partial charge is 0.416 e. The Bertz CT molecular complexity index is 827. The van der Waals surface area contributed by atoms with Crippen molar-refractivity contribution in [2.75, 3.05) is 6.26 Å². The summed E-state index contributed by atoms with van der Waals surface area (Å²) in [5.41, 5.74) is -1.44. The molecule has 0 spiro atoms. The Morgan fingerprint density at radius 2 is 2.09 bits per heavy atom. The van der Waals surface area contributed by atoms with E-state index in [0.29, 0.717) is 0 Å². The summed E-state index contributed by atoms with van der Waals surface area (Å²) in [4.78, 5) is 18.4. The van der Waals surface area contributed by atoms with Crippen LogP contribution in [0.3, 0.4) is 0 Å². The van der Waals surface area contributed by atoms with E-state index >= 15 is 0 Å². The fourth-order valence-electron chi connectivity index (χ4n) is 1.73. The highest BCUT2D eigenvalue weighted by molar-refractivity contribution is 9.10. The molecule has 1 aromatic carbocycles. The van der Waals surface area contributed by atoms with Gasteiger partial charge in [0.25, 0.3) is 5.56 Å². The molecule has 0 atom stereocenters. The van der Waals surface area contributed by atoms with E-state index in [1.807, 2.05) is 0 Å². The summed E-state index contributed by atoms with van der Waals surface area (Å²) in [6.07, 6.45) is -2.80. The topological polar surface area (TPSA) is 69.5 Å². The lowest BCUT2D eigenvalue weighted by Crippen LogP contribution is -2.15. The summed E-state index contributed by atoms with van der Waals surface area (Å²) in [5, 5.41) is 9.36. The highest BCUT2D eigenvalue weighted by Gasteiger charge is 2.31. The molecule has 2 rings (SSSR count). The van der Waals surface area contributed by atoms with Crippen LogP contribution in [0.1, 0.15) is 11.1 Å². The number of hydrogen-bond acceptors (Lipinski definition) is 4. The van der Waals surface area contributed by atoms with E-state index in [4.69, 9.17) is 5.26 Å². The van der Waals surface area contributed by atoms with Gasteiger partial charge < -0.3 is 4.98 Å². The summed E-state index contributed by atoms with van der Waals surface area (Å²) in [6.45, 7) is 0. The van der Waals surface area contributed by atoms with Crippen LogP contribution in [0.2, 0.25) is 0 Å². The third kappa shape index (κ3) is 3.18. The van der Waals surface area contributed by atoms with E-state index in [1.165, 1.54) is 6.07 Å². The fourth-order valence-corrected chi connectivity index (χ4v) is 2.68. The Balaban J connectivity index is 2.70. The highest BCUT2D eigenvalue weighted by Crippen LogP contribution is 2.35. The lowest BCUT2D eigenvalue weighted by Gasteiger charge is -2.11. The number of rotatable bonds is 2. The monoisotopic (exact) mass is 389 g/mol. The van der Waals surface area contributed by atoms with Crippen LogP contribution < -0.4 is 5.56 Å². The van der Waals surface area contributed by atoms with Crippen molar-refractivity contribution in [3.8, 4) is 17.3 Å². The molecule has 0 fully saturated rings. The zero-order chi connectivity index (χ0) is 16.5. The summed E-state index contributed by atoms with van der Waals surface area (Å²) in [7, 11) is 0. The molecule has 1 N–H and O–H groups in total. The maximum absolute atomic E-state index is 12.7. The average molecular weight is 390 g/mol. The second-order valence-corrected chi connectivity index (χ2v) is 5.75. The van der Waals surface area contributed by atoms with Gasteiger partial charge in [0.2, 0.25) is 0 Å². The molecule has 0 saturated carbocycles. The van der Waals surface area contributed by atoms with Crippen LogP contribution in [0.4, 0.5) is 13.2 Å². The SMILES string of the molecule is CSc1nc(-c2ccc(C(F)(F)F)cc2Br)c(C#N)c(=O)[nH]1. The molecule has 0 aliphatic carbocycles. The summed E-state index contributed by atoms with van der Waals surface area (Å²) >= 11 is 4.20. The first-order chi connectivity index (χ1) is 10.3. The molecule has 0 radical (unpaired) electrons. The molecule has 22 heavy (non-hydrogen) atoms. The number of H-pyrrole nitrogens is 1. The van der Waals surface area contributed by atoms with E-state index in [0.717, 1.165) is 23.9 Å². The van der Waals surface area contributed by atoms with Gasteiger partial charge in [-0.15, -0.1) is 0 Å². The molecule has 4 nitrogen and oxygen atoms in total. The van der Waals surface area contributed by atoms with Crippen LogP contribution in [0.25, 0.3) is 11.3 Å². The van der Waals surface area contributed by atoms with Gasteiger partial charge in [-0.25, -0.2) is 4.98 Å². The first-order valence-electron chi connectivity index (χ1n) is 5.73. The number of nitrogens with one attached hydrogen (secondary N) is 1. The van der Waals surface area contributed by atoms with Gasteiger partial charge >= 0.3 is 6.18 Å². The van der Waals surface area contributed by atoms with Crippen molar-refractivity contribution in [3.05, 3.63) is 44.2 Å². The first-order valence-corrected chi connectivity index (χ1v) is 7.75. The van der Waals surface area contributed by atoms with Crippen LogP contribution >= 0.6 is 27.7 Å². The molecule has 114 valence electrons. The Morgan fingerprint density at radius 3 is 2.59 bits per heavy atom. The van der Waals surface area contributed by atoms with Crippen molar-refractivity contribution in [1.82, 2.24) is 9.97 Å². The van der Waals surface area contributed by atoms with E-state index in [2.05, 4.69) is 25.9 Å². The van der Waals surface area contributed by atoms with Crippen LogP contribution in [0.5, 0.6) is 0 Å². The van der Waals surface area contributed by atoms with Crippen molar-refractivity contribution in [3.63, 3.8) is 0 Å². The predicted molar refractivity (Wildman–Crippen MR) is 79.5 cm³/mol. The zero-order valence-electron chi connectivity index (χ0n) is 11.0. The molecule has 0 unspecified atom stereocenters. The molecular weight excluding hydrogens is 383 g/mol. The van der Waals surface area contributed by atoms with Crippen LogP contribution in [0, 0.1) is 11.3 Å². The van der Waals surface area contributed by atoms with Gasteiger partial charge in [0.15, 0.2) is 5.16 Å². The number of aromatic nitrogens is 2. The lowest BCUT2D eigenvalue weighted by molar-refractivity contribution is -0.137. The van der Waals surface area contributed by atoms with Crippen molar-refractivity contribution in [2.45, 2.75) is 11.3 Å². The van der Waals surface area contributed by atoms with Gasteiger partial charge in [-0.1, -0.05) is 33.8 Å². The number of halogens is 4. The molecule has 2 aromatic rings. The standard InChI is InChI=1S/C13H7BrF3N3OS/c1-22-12-19-10(8(5-18)11(21)20-12)7-3-2-6(4-9(7)14)13(15,16)17/h2-4H,1H3,(H,19,20,21). The molecule has 0 aliphatic rings. The number of aromatic amines is 1. The lowest BCUT2D eigenvalue weighted by atomic mass is 10.1. The molecule has 0 amide bonds. The second kappa shape index (κ2) is 6.14. The third-order valence-electron chi connectivity index (χ3n) is 2.75. The number of thioether (sulfide) groups is 1. The van der Waals surface area contributed by atoms with Gasteiger partial charge in [0, 0.05) is 10.0 Å². The van der Waals surface area contributed by atoms with E-state index in [9.17, 15) is 18.0 Å². The van der Waals surface area contributed by atoms with Gasteiger partial charge in [0.05, 0.1) is 11.3 Å². The highest BCUT2D eigenvalue weighted by atomic mass is 79.9. The predicted octanol–water partition coefficient (Wildman–Crippen LogP) is 3.81. The van der Waals surface area contributed by atoms with Crippen LogP contribution in [-0.4, -0.2) is 16.2 Å². The van der Waals surface area contributed by atoms with Crippen molar-refractivity contribution >= 4 is 27.7 Å². The first kappa shape index (κ1) is 16.6. The van der Waals surface area contributed by atoms with Crippen molar-refractivity contribution in [1.29, 1.82) is 5.26 Å². The minimum Gasteiger partial charge on any atom is -0.300 e. The Hall–Kier alpha value is -1.79.